The van der Waals surface area contributed by atoms with Crippen molar-refractivity contribution in [3.63, 3.8) is 0 Å². The van der Waals surface area contributed by atoms with E-state index in [1.54, 1.807) is 55.4 Å². The molecule has 1 atom stereocenters. The van der Waals surface area contributed by atoms with Crippen LogP contribution in [0.4, 0.5) is 4.79 Å². The summed E-state index contributed by atoms with van der Waals surface area (Å²) in [5.74, 6) is -0.775. The molecular weight excluding hydrogens is 286 g/mol. The van der Waals surface area contributed by atoms with E-state index in [1.165, 1.54) is 4.90 Å². The van der Waals surface area contributed by atoms with Crippen LogP contribution in [0.15, 0.2) is 0 Å². The van der Waals surface area contributed by atoms with Crippen LogP contribution in [-0.4, -0.2) is 46.5 Å². The van der Waals surface area contributed by atoms with Crippen LogP contribution in [0.2, 0.25) is 0 Å². The number of ketones is 1. The summed E-state index contributed by atoms with van der Waals surface area (Å²) in [5, 5.41) is 0. The summed E-state index contributed by atoms with van der Waals surface area (Å²) in [7, 11) is 0. The van der Waals surface area contributed by atoms with Gasteiger partial charge in [0.1, 0.15) is 17.2 Å². The highest BCUT2D eigenvalue weighted by Gasteiger charge is 2.55. The van der Waals surface area contributed by atoms with Gasteiger partial charge in [-0.15, -0.1) is 0 Å². The molecule has 0 aromatic heterocycles. The van der Waals surface area contributed by atoms with Crippen LogP contribution in [0.1, 0.15) is 55.4 Å². The van der Waals surface area contributed by atoms with E-state index < -0.39 is 34.7 Å². The first-order valence-electron chi connectivity index (χ1n) is 7.41. The van der Waals surface area contributed by atoms with E-state index in [2.05, 4.69) is 0 Å². The van der Waals surface area contributed by atoms with Crippen molar-refractivity contribution in [1.82, 2.24) is 4.90 Å². The van der Waals surface area contributed by atoms with Gasteiger partial charge in [-0.3, -0.25) is 9.69 Å². The zero-order valence-corrected chi connectivity index (χ0v) is 14.8. The molecule has 1 unspecified atom stereocenters. The first-order valence-corrected chi connectivity index (χ1v) is 7.41. The van der Waals surface area contributed by atoms with Crippen molar-refractivity contribution in [2.45, 2.75) is 72.6 Å². The third kappa shape index (κ3) is 4.21. The molecule has 0 aliphatic carbocycles. The van der Waals surface area contributed by atoms with Crippen LogP contribution in [0.5, 0.6) is 0 Å². The van der Waals surface area contributed by atoms with Gasteiger partial charge >= 0.3 is 12.1 Å². The maximum atomic E-state index is 12.5. The van der Waals surface area contributed by atoms with E-state index in [1.807, 2.05) is 0 Å². The lowest BCUT2D eigenvalue weighted by Crippen LogP contribution is -2.50. The minimum atomic E-state index is -1.00. The molecule has 0 spiro atoms. The lowest BCUT2D eigenvalue weighted by atomic mass is 9.83. The topological polar surface area (TPSA) is 72.9 Å². The van der Waals surface area contributed by atoms with E-state index in [0.29, 0.717) is 0 Å². The summed E-state index contributed by atoms with van der Waals surface area (Å²) < 4.78 is 10.7. The summed E-state index contributed by atoms with van der Waals surface area (Å²) in [5.41, 5.74) is -2.40. The molecule has 1 aliphatic heterocycles. The van der Waals surface area contributed by atoms with Crippen molar-refractivity contribution in [2.24, 2.45) is 5.41 Å². The van der Waals surface area contributed by atoms with Gasteiger partial charge < -0.3 is 9.47 Å². The van der Waals surface area contributed by atoms with E-state index in [9.17, 15) is 14.4 Å². The zero-order valence-electron chi connectivity index (χ0n) is 14.8. The highest BCUT2D eigenvalue weighted by molar-refractivity contribution is 6.00. The van der Waals surface area contributed by atoms with Crippen molar-refractivity contribution in [2.75, 3.05) is 6.54 Å². The van der Waals surface area contributed by atoms with Crippen molar-refractivity contribution in [3.05, 3.63) is 0 Å². The fourth-order valence-electron chi connectivity index (χ4n) is 2.26. The molecule has 0 bridgehead atoms. The van der Waals surface area contributed by atoms with Crippen LogP contribution < -0.4 is 0 Å². The van der Waals surface area contributed by atoms with Gasteiger partial charge in [-0.25, -0.2) is 9.59 Å². The van der Waals surface area contributed by atoms with Crippen LogP contribution in [0.25, 0.3) is 0 Å². The Hall–Kier alpha value is -1.59. The Labute approximate surface area is 132 Å². The molecule has 0 N–H and O–H groups in total. The third-order valence-electron chi connectivity index (χ3n) is 3.29. The highest BCUT2D eigenvalue weighted by atomic mass is 16.6. The lowest BCUT2D eigenvalue weighted by Gasteiger charge is -2.33. The smallest absolute Gasteiger partial charge is 0.411 e. The second-order valence-electron chi connectivity index (χ2n) is 8.19. The Morgan fingerprint density at radius 2 is 1.50 bits per heavy atom. The minimum Gasteiger partial charge on any atom is -0.458 e. The Bertz CT molecular complexity index is 482. The molecule has 0 aromatic rings. The maximum Gasteiger partial charge on any atom is 0.411 e. The van der Waals surface area contributed by atoms with Crippen LogP contribution in [-0.2, 0) is 19.1 Å². The number of carbonyl (C=O) groups is 3. The average Bonchev–Trinajstić information content (AvgIpc) is 2.45. The maximum absolute atomic E-state index is 12.5. The first-order chi connectivity index (χ1) is 9.65. The van der Waals surface area contributed by atoms with Gasteiger partial charge in [0.05, 0.1) is 12.0 Å². The van der Waals surface area contributed by atoms with Crippen molar-refractivity contribution < 1.29 is 23.9 Å². The van der Waals surface area contributed by atoms with E-state index in [-0.39, 0.29) is 12.3 Å². The molecule has 1 heterocycles. The summed E-state index contributed by atoms with van der Waals surface area (Å²) in [6, 6.07) is -0.978. The number of amides is 1. The SMILES string of the molecule is CC(C)(C)OC(=O)C1N(C(=O)OC(C)(C)C)CC(=O)C1(C)C. The van der Waals surface area contributed by atoms with E-state index in [4.69, 9.17) is 9.47 Å². The highest BCUT2D eigenvalue weighted by Crippen LogP contribution is 2.35. The van der Waals surface area contributed by atoms with Crippen LogP contribution in [0.3, 0.4) is 0 Å². The van der Waals surface area contributed by atoms with Gasteiger partial charge in [-0.1, -0.05) is 13.8 Å². The number of nitrogens with zero attached hydrogens (tertiary/aromatic N) is 1. The van der Waals surface area contributed by atoms with Crippen molar-refractivity contribution in [3.8, 4) is 0 Å². The Morgan fingerprint density at radius 3 is 1.91 bits per heavy atom. The average molecular weight is 313 g/mol. The molecule has 1 fully saturated rings. The van der Waals surface area contributed by atoms with Gasteiger partial charge in [0, 0.05) is 0 Å². The molecule has 1 rings (SSSR count). The van der Waals surface area contributed by atoms with Crippen LogP contribution in [0, 0.1) is 5.41 Å². The fourth-order valence-corrected chi connectivity index (χ4v) is 2.26. The summed E-state index contributed by atoms with van der Waals surface area (Å²) in [4.78, 5) is 38.2. The number of rotatable bonds is 1. The Kier molecular flexibility index (Phi) is 4.66. The predicted molar refractivity (Wildman–Crippen MR) is 81.4 cm³/mol. The third-order valence-corrected chi connectivity index (χ3v) is 3.29. The largest absolute Gasteiger partial charge is 0.458 e. The number of hydrogen-bond acceptors (Lipinski definition) is 5. The predicted octanol–water partition coefficient (Wildman–Crippen LogP) is 2.54. The number of Topliss-reactive ketones (excluding diaryl/α,β-unsaturated/α-hetero) is 1. The van der Waals surface area contributed by atoms with Gasteiger partial charge in [-0.05, 0) is 41.5 Å². The number of carbonyl (C=O) groups excluding carboxylic acids is 3. The zero-order chi connectivity index (χ0) is 17.5. The molecule has 0 radical (unpaired) electrons. The molecule has 0 aromatic carbocycles. The van der Waals surface area contributed by atoms with Gasteiger partial charge in [0.2, 0.25) is 0 Å². The molecule has 1 saturated heterocycles. The Balaban J connectivity index is 3.08. The number of esters is 1. The molecule has 6 heteroatoms. The standard InChI is InChI=1S/C16H27NO5/c1-14(2,3)21-12(19)11-16(7,8)10(18)9-17(11)13(20)22-15(4,5)6/h11H,9H2,1-8H3. The molecule has 1 aliphatic rings. The first kappa shape index (κ1) is 18.5. The van der Waals surface area contributed by atoms with Gasteiger partial charge in [-0.2, -0.15) is 0 Å². The fraction of sp³-hybridized carbons (Fsp3) is 0.812. The lowest BCUT2D eigenvalue weighted by molar-refractivity contribution is -0.163. The van der Waals surface area contributed by atoms with Crippen molar-refractivity contribution >= 4 is 17.8 Å². The number of likely N-dealkylation sites (tertiary alicyclic amines) is 1. The second kappa shape index (κ2) is 5.56. The summed E-state index contributed by atoms with van der Waals surface area (Å²) in [6.07, 6.45) is -0.678. The monoisotopic (exact) mass is 313 g/mol. The van der Waals surface area contributed by atoms with Gasteiger partial charge in [0.25, 0.3) is 0 Å². The summed E-state index contributed by atoms with van der Waals surface area (Å²) >= 11 is 0. The molecule has 126 valence electrons. The Morgan fingerprint density at radius 1 is 1.05 bits per heavy atom. The summed E-state index contributed by atoms with van der Waals surface area (Å²) in [6.45, 7) is 13.6. The molecule has 22 heavy (non-hydrogen) atoms. The quantitative estimate of drug-likeness (QED) is 0.696. The number of ether oxygens (including phenoxy) is 2. The minimum absolute atomic E-state index is 0.147. The van der Waals surface area contributed by atoms with E-state index in [0.717, 1.165) is 0 Å². The van der Waals surface area contributed by atoms with Crippen LogP contribution >= 0.6 is 0 Å². The number of hydrogen-bond donors (Lipinski definition) is 0. The molecule has 1 amide bonds. The molecular formula is C16H27NO5. The van der Waals surface area contributed by atoms with Gasteiger partial charge in [0.15, 0.2) is 5.78 Å². The van der Waals surface area contributed by atoms with Crippen molar-refractivity contribution in [1.29, 1.82) is 0 Å². The normalized spacial score (nSPS) is 21.7. The van der Waals surface area contributed by atoms with E-state index >= 15 is 0 Å². The molecule has 0 saturated carbocycles. The second-order valence-corrected chi connectivity index (χ2v) is 8.19. The molecule has 6 nitrogen and oxygen atoms in total.